The number of anilines is 1. The van der Waals surface area contributed by atoms with E-state index in [1.807, 2.05) is 0 Å². The van der Waals surface area contributed by atoms with Crippen molar-refractivity contribution in [3.8, 4) is 0 Å². The van der Waals surface area contributed by atoms with Gasteiger partial charge in [0.05, 0.1) is 21.7 Å². The number of carbonyl (C=O) groups excluding carboxylic acids is 1. The fourth-order valence-electron chi connectivity index (χ4n) is 3.23. The molecule has 0 saturated carbocycles. The van der Waals surface area contributed by atoms with Gasteiger partial charge < -0.3 is 10.4 Å². The molecule has 0 spiro atoms. The normalized spacial score (nSPS) is 12.2. The number of nitrogens with zero attached hydrogens (tertiary/aromatic N) is 2. The zero-order chi connectivity index (χ0) is 25.8. The fourth-order valence-corrected chi connectivity index (χ4v) is 4.67. The van der Waals surface area contributed by atoms with Crippen LogP contribution in [0, 0.1) is 6.92 Å². The van der Waals surface area contributed by atoms with Gasteiger partial charge >= 0.3 is 5.97 Å². The minimum Gasteiger partial charge on any atom is -0.478 e. The van der Waals surface area contributed by atoms with Gasteiger partial charge in [-0.25, -0.2) is 22.6 Å². The van der Waals surface area contributed by atoms with Crippen LogP contribution < -0.4 is 15.6 Å². The van der Waals surface area contributed by atoms with Crippen LogP contribution in [-0.2, 0) is 21.2 Å². The summed E-state index contributed by atoms with van der Waals surface area (Å²) in [6.45, 7) is 3.20. The van der Waals surface area contributed by atoms with E-state index in [9.17, 15) is 22.8 Å². The first-order chi connectivity index (χ1) is 16.5. The van der Waals surface area contributed by atoms with Crippen LogP contribution in [0.4, 0.5) is 5.69 Å². The molecule has 0 fully saturated rings. The summed E-state index contributed by atoms with van der Waals surface area (Å²) in [7, 11) is -3.90. The molecule has 1 amide bonds. The molecule has 35 heavy (non-hydrogen) atoms. The van der Waals surface area contributed by atoms with Crippen molar-refractivity contribution in [3.63, 3.8) is 0 Å². The molecular formula is C23H23ClN4O6S. The van der Waals surface area contributed by atoms with E-state index >= 15 is 0 Å². The Morgan fingerprint density at radius 1 is 1.14 bits per heavy atom. The van der Waals surface area contributed by atoms with Crippen molar-refractivity contribution < 1.29 is 23.1 Å². The van der Waals surface area contributed by atoms with Crippen LogP contribution in [0.25, 0.3) is 0 Å². The van der Waals surface area contributed by atoms with E-state index in [0.717, 1.165) is 16.3 Å². The van der Waals surface area contributed by atoms with Gasteiger partial charge in [0.2, 0.25) is 15.9 Å². The molecule has 1 heterocycles. The second-order valence-corrected chi connectivity index (χ2v) is 9.92. The Kier molecular flexibility index (Phi) is 8.05. The predicted octanol–water partition coefficient (Wildman–Crippen LogP) is 2.62. The zero-order valence-corrected chi connectivity index (χ0v) is 20.4. The van der Waals surface area contributed by atoms with Crippen LogP contribution in [0.3, 0.4) is 0 Å². The highest BCUT2D eigenvalue weighted by Crippen LogP contribution is 2.21. The number of aryl methyl sites for hydroxylation is 1. The fraction of sp³-hybridized carbons (Fsp3) is 0.217. The maximum absolute atomic E-state index is 12.9. The number of aromatic carboxylic acids is 1. The number of carbonyl (C=O) groups is 2. The van der Waals surface area contributed by atoms with Crippen molar-refractivity contribution in [1.82, 2.24) is 14.5 Å². The van der Waals surface area contributed by atoms with Crippen molar-refractivity contribution in [3.05, 3.63) is 86.8 Å². The number of aromatic nitrogens is 2. The van der Waals surface area contributed by atoms with Gasteiger partial charge in [0.15, 0.2) is 0 Å². The summed E-state index contributed by atoms with van der Waals surface area (Å²) in [5, 5.41) is 15.6. The number of carboxylic acid groups (broad SMARTS) is 1. The van der Waals surface area contributed by atoms with Crippen LogP contribution in [0.5, 0.6) is 0 Å². The molecule has 2 aromatic carbocycles. The van der Waals surface area contributed by atoms with Crippen LogP contribution in [0.1, 0.15) is 34.5 Å². The van der Waals surface area contributed by atoms with Crippen molar-refractivity contribution >= 4 is 39.2 Å². The third kappa shape index (κ3) is 6.53. The molecule has 3 rings (SSSR count). The highest BCUT2D eigenvalue weighted by atomic mass is 35.5. The minimum absolute atomic E-state index is 0.00837. The molecule has 10 nitrogen and oxygen atoms in total. The van der Waals surface area contributed by atoms with Gasteiger partial charge in [-0.15, -0.1) is 0 Å². The SMILES string of the molecule is Cc1ccc(NC(=O)[C@@H](C)n2ncc(Cl)cc2=O)cc1S(=O)(=O)NCCc1ccc(C(=O)O)cc1. The average Bonchev–Trinajstić information content (AvgIpc) is 2.80. The van der Waals surface area contributed by atoms with Gasteiger partial charge in [0.1, 0.15) is 6.04 Å². The topological polar surface area (TPSA) is 147 Å². The Hall–Kier alpha value is -3.54. The Labute approximate surface area is 206 Å². The van der Waals surface area contributed by atoms with Gasteiger partial charge in [0, 0.05) is 18.3 Å². The molecule has 0 aliphatic carbocycles. The number of sulfonamides is 1. The first-order valence-corrected chi connectivity index (χ1v) is 12.3. The summed E-state index contributed by atoms with van der Waals surface area (Å²) in [4.78, 5) is 35.6. The van der Waals surface area contributed by atoms with Crippen molar-refractivity contribution in [2.24, 2.45) is 0 Å². The van der Waals surface area contributed by atoms with Gasteiger partial charge in [-0.3, -0.25) is 9.59 Å². The Balaban J connectivity index is 1.69. The molecule has 3 aromatic rings. The van der Waals surface area contributed by atoms with E-state index in [1.54, 1.807) is 31.2 Å². The van der Waals surface area contributed by atoms with Crippen molar-refractivity contribution in [1.29, 1.82) is 0 Å². The molecule has 0 saturated heterocycles. The minimum atomic E-state index is -3.90. The largest absolute Gasteiger partial charge is 0.478 e. The highest BCUT2D eigenvalue weighted by Gasteiger charge is 2.21. The third-order valence-corrected chi connectivity index (χ3v) is 7.00. The molecule has 0 bridgehead atoms. The molecule has 0 aliphatic rings. The molecule has 3 N–H and O–H groups in total. The molecule has 184 valence electrons. The van der Waals surface area contributed by atoms with Gasteiger partial charge in [0.25, 0.3) is 5.56 Å². The molecule has 0 aliphatic heterocycles. The Bertz CT molecular complexity index is 1420. The van der Waals surface area contributed by atoms with E-state index in [0.29, 0.717) is 12.0 Å². The lowest BCUT2D eigenvalue weighted by molar-refractivity contribution is -0.119. The molecule has 1 aromatic heterocycles. The van der Waals surface area contributed by atoms with E-state index in [1.165, 1.54) is 31.3 Å². The summed E-state index contributed by atoms with van der Waals surface area (Å²) in [5.74, 6) is -1.60. The Morgan fingerprint density at radius 3 is 2.46 bits per heavy atom. The quantitative estimate of drug-likeness (QED) is 0.394. The van der Waals surface area contributed by atoms with Crippen LogP contribution in [0.2, 0.25) is 5.02 Å². The van der Waals surface area contributed by atoms with E-state index < -0.39 is 33.5 Å². The summed E-state index contributed by atoms with van der Waals surface area (Å²) >= 11 is 5.73. The first-order valence-electron chi connectivity index (χ1n) is 10.5. The van der Waals surface area contributed by atoms with Crippen molar-refractivity contribution in [2.75, 3.05) is 11.9 Å². The maximum atomic E-state index is 12.9. The van der Waals surface area contributed by atoms with Crippen LogP contribution in [0.15, 0.2) is 64.4 Å². The number of nitrogens with one attached hydrogen (secondary N) is 2. The lowest BCUT2D eigenvalue weighted by atomic mass is 10.1. The number of carboxylic acids is 1. The van der Waals surface area contributed by atoms with Gasteiger partial charge in [-0.1, -0.05) is 29.8 Å². The number of hydrogen-bond acceptors (Lipinski definition) is 6. The second-order valence-electron chi connectivity index (χ2n) is 7.75. The molecular weight excluding hydrogens is 496 g/mol. The number of amides is 1. The summed E-state index contributed by atoms with van der Waals surface area (Å²) < 4.78 is 29.3. The highest BCUT2D eigenvalue weighted by molar-refractivity contribution is 7.89. The molecule has 0 radical (unpaired) electrons. The monoisotopic (exact) mass is 518 g/mol. The maximum Gasteiger partial charge on any atom is 0.335 e. The number of hydrogen-bond donors (Lipinski definition) is 3. The smallest absolute Gasteiger partial charge is 0.335 e. The molecule has 0 unspecified atom stereocenters. The van der Waals surface area contributed by atoms with Crippen LogP contribution >= 0.6 is 11.6 Å². The molecule has 1 atom stereocenters. The van der Waals surface area contributed by atoms with E-state index in [-0.39, 0.29) is 27.7 Å². The van der Waals surface area contributed by atoms with E-state index in [2.05, 4.69) is 15.1 Å². The number of halogens is 1. The summed E-state index contributed by atoms with van der Waals surface area (Å²) in [5.41, 5.74) is 1.09. The number of rotatable bonds is 9. The van der Waals surface area contributed by atoms with Gasteiger partial charge in [-0.2, -0.15) is 5.10 Å². The first kappa shape index (κ1) is 26.1. The second kappa shape index (κ2) is 10.8. The van der Waals surface area contributed by atoms with Crippen LogP contribution in [-0.4, -0.2) is 41.7 Å². The standard InChI is InChI=1S/C23H23ClN4O6S/c1-14-3-8-19(27-22(30)15(2)28-21(29)11-18(24)13-25-28)12-20(14)35(33,34)26-10-9-16-4-6-17(7-5-16)23(31)32/h3-8,11-13,15,26H,9-10H2,1-2H3,(H,27,30)(H,31,32)/t15-/m1/s1. The lowest BCUT2D eigenvalue weighted by Gasteiger charge is -2.15. The van der Waals surface area contributed by atoms with Crippen molar-refractivity contribution in [2.45, 2.75) is 31.2 Å². The summed E-state index contributed by atoms with van der Waals surface area (Å²) in [6, 6.07) is 10.8. The average molecular weight is 519 g/mol. The van der Waals surface area contributed by atoms with Gasteiger partial charge in [-0.05, 0) is 55.7 Å². The Morgan fingerprint density at radius 2 is 1.83 bits per heavy atom. The number of benzene rings is 2. The lowest BCUT2D eigenvalue weighted by Crippen LogP contribution is -2.33. The summed E-state index contributed by atoms with van der Waals surface area (Å²) in [6.07, 6.45) is 1.60. The zero-order valence-electron chi connectivity index (χ0n) is 18.9. The predicted molar refractivity (Wildman–Crippen MR) is 130 cm³/mol. The third-order valence-electron chi connectivity index (χ3n) is 5.19. The van der Waals surface area contributed by atoms with E-state index in [4.69, 9.17) is 16.7 Å². The molecule has 12 heteroatoms.